The van der Waals surface area contributed by atoms with Gasteiger partial charge < -0.3 is 9.88 Å². The second-order valence-electron chi connectivity index (χ2n) is 5.20. The molecule has 0 unspecified atom stereocenters. The van der Waals surface area contributed by atoms with Crippen LogP contribution in [0.2, 0.25) is 0 Å². The number of nitrogens with zero attached hydrogens (tertiary/aromatic N) is 2. The van der Waals surface area contributed by atoms with Gasteiger partial charge in [-0.3, -0.25) is 9.59 Å². The lowest BCUT2D eigenvalue weighted by atomic mass is 10.2. The Labute approximate surface area is 140 Å². The van der Waals surface area contributed by atoms with Crippen LogP contribution in [0.1, 0.15) is 17.0 Å². The third kappa shape index (κ3) is 3.98. The monoisotopic (exact) mass is 324 g/mol. The Balaban J connectivity index is 2.10. The Kier molecular flexibility index (Phi) is 5.68. The Bertz CT molecular complexity index is 776. The molecule has 0 radical (unpaired) electrons. The zero-order valence-corrected chi connectivity index (χ0v) is 13.7. The molecule has 1 aromatic carbocycles. The highest BCUT2D eigenvalue weighted by Crippen LogP contribution is 2.19. The van der Waals surface area contributed by atoms with Crippen molar-refractivity contribution in [3.63, 3.8) is 0 Å². The highest BCUT2D eigenvalue weighted by atomic mass is 16.2. The molecule has 0 fully saturated rings. The van der Waals surface area contributed by atoms with Crippen LogP contribution in [0.3, 0.4) is 0 Å². The molecule has 0 saturated heterocycles. The number of hydrogen-bond donors (Lipinski definition) is 2. The zero-order chi connectivity index (χ0) is 17.5. The van der Waals surface area contributed by atoms with Gasteiger partial charge in [-0.2, -0.15) is 5.10 Å². The normalized spacial score (nSPS) is 10.6. The van der Waals surface area contributed by atoms with Gasteiger partial charge in [0.15, 0.2) is 0 Å². The van der Waals surface area contributed by atoms with Crippen LogP contribution in [0.15, 0.2) is 54.2 Å². The number of aromatic nitrogens is 1. The van der Waals surface area contributed by atoms with Crippen molar-refractivity contribution in [2.75, 3.05) is 6.54 Å². The summed E-state index contributed by atoms with van der Waals surface area (Å²) in [6, 6.07) is 11.9. The molecule has 6 nitrogen and oxygen atoms in total. The second-order valence-corrected chi connectivity index (χ2v) is 5.20. The summed E-state index contributed by atoms with van der Waals surface area (Å²) in [4.78, 5) is 22.9. The van der Waals surface area contributed by atoms with Crippen LogP contribution in [-0.4, -0.2) is 29.1 Å². The Hall–Kier alpha value is -3.15. The van der Waals surface area contributed by atoms with Gasteiger partial charge in [-0.05, 0) is 32.0 Å². The summed E-state index contributed by atoms with van der Waals surface area (Å²) in [5.41, 5.74) is 6.17. The first-order valence-electron chi connectivity index (χ1n) is 7.51. The number of nitrogens with one attached hydrogen (secondary N) is 2. The molecule has 0 aliphatic carbocycles. The van der Waals surface area contributed by atoms with Crippen LogP contribution in [0, 0.1) is 13.8 Å². The number of aryl methyl sites for hydroxylation is 1. The molecule has 1 heterocycles. The molecule has 0 bridgehead atoms. The van der Waals surface area contributed by atoms with Gasteiger partial charge in [0.05, 0.1) is 6.21 Å². The van der Waals surface area contributed by atoms with Gasteiger partial charge in [-0.25, -0.2) is 5.43 Å². The van der Waals surface area contributed by atoms with E-state index in [1.807, 2.05) is 50.2 Å². The van der Waals surface area contributed by atoms with Gasteiger partial charge in [-0.15, -0.1) is 6.58 Å². The minimum Gasteiger partial charge on any atom is -0.344 e. The number of hydrazone groups is 1. The van der Waals surface area contributed by atoms with Crippen LogP contribution in [0.4, 0.5) is 0 Å². The van der Waals surface area contributed by atoms with Crippen LogP contribution in [0.25, 0.3) is 5.69 Å². The molecule has 24 heavy (non-hydrogen) atoms. The summed E-state index contributed by atoms with van der Waals surface area (Å²) in [5.74, 6) is -1.56. The number of hydrogen-bond acceptors (Lipinski definition) is 3. The Morgan fingerprint density at radius 3 is 2.58 bits per heavy atom. The summed E-state index contributed by atoms with van der Waals surface area (Å²) in [7, 11) is 0. The number of para-hydroxylation sites is 1. The molecule has 2 amide bonds. The lowest BCUT2D eigenvalue weighted by Gasteiger charge is -2.08. The molecule has 2 N–H and O–H groups in total. The van der Waals surface area contributed by atoms with Crippen molar-refractivity contribution < 1.29 is 9.59 Å². The average molecular weight is 324 g/mol. The first-order valence-corrected chi connectivity index (χ1v) is 7.51. The van der Waals surface area contributed by atoms with Crippen LogP contribution in [-0.2, 0) is 9.59 Å². The van der Waals surface area contributed by atoms with Crippen molar-refractivity contribution >= 4 is 18.0 Å². The summed E-state index contributed by atoms with van der Waals surface area (Å²) in [6.07, 6.45) is 3.02. The van der Waals surface area contributed by atoms with E-state index in [1.54, 1.807) is 0 Å². The van der Waals surface area contributed by atoms with Crippen LogP contribution >= 0.6 is 0 Å². The maximum Gasteiger partial charge on any atom is 0.329 e. The van der Waals surface area contributed by atoms with Gasteiger partial charge in [0.1, 0.15) is 0 Å². The highest BCUT2D eigenvalue weighted by molar-refractivity contribution is 6.35. The Morgan fingerprint density at radius 2 is 1.92 bits per heavy atom. The van der Waals surface area contributed by atoms with Crippen LogP contribution in [0.5, 0.6) is 0 Å². The highest BCUT2D eigenvalue weighted by Gasteiger charge is 2.12. The van der Waals surface area contributed by atoms with Crippen molar-refractivity contribution in [3.8, 4) is 5.69 Å². The summed E-state index contributed by atoms with van der Waals surface area (Å²) < 4.78 is 2.10. The fraction of sp³-hybridized carbons (Fsp3) is 0.167. The number of rotatable bonds is 5. The number of amides is 2. The van der Waals surface area contributed by atoms with Crippen molar-refractivity contribution in [1.29, 1.82) is 0 Å². The predicted octanol–water partition coefficient (Wildman–Crippen LogP) is 1.85. The van der Waals surface area contributed by atoms with Crippen molar-refractivity contribution in [1.82, 2.24) is 15.3 Å². The van der Waals surface area contributed by atoms with E-state index in [0.717, 1.165) is 22.6 Å². The average Bonchev–Trinajstić information content (AvgIpc) is 2.87. The molecule has 124 valence electrons. The van der Waals surface area contributed by atoms with E-state index in [9.17, 15) is 9.59 Å². The lowest BCUT2D eigenvalue weighted by molar-refractivity contribution is -0.139. The molecule has 0 aliphatic heterocycles. The third-order valence-corrected chi connectivity index (χ3v) is 3.47. The number of carbonyl (C=O) groups is 2. The number of carbonyl (C=O) groups excluding carboxylic acids is 2. The molecule has 0 atom stereocenters. The summed E-state index contributed by atoms with van der Waals surface area (Å²) in [5, 5.41) is 6.23. The van der Waals surface area contributed by atoms with E-state index in [0.29, 0.717) is 0 Å². The minimum absolute atomic E-state index is 0.230. The van der Waals surface area contributed by atoms with Gasteiger partial charge >= 0.3 is 11.8 Å². The molecule has 0 saturated carbocycles. The van der Waals surface area contributed by atoms with Crippen molar-refractivity contribution in [3.05, 3.63) is 66.0 Å². The van der Waals surface area contributed by atoms with Gasteiger partial charge in [-0.1, -0.05) is 24.3 Å². The molecular formula is C18H20N4O2. The molecule has 2 rings (SSSR count). The maximum atomic E-state index is 11.5. The SMILES string of the molecule is C=CCNC(=O)C(=O)N/N=C\c1cc(C)n(-c2ccccc2)c1C. The van der Waals surface area contributed by atoms with E-state index in [1.165, 1.54) is 12.3 Å². The first kappa shape index (κ1) is 17.2. The van der Waals surface area contributed by atoms with E-state index in [4.69, 9.17) is 0 Å². The fourth-order valence-corrected chi connectivity index (χ4v) is 2.35. The minimum atomic E-state index is -0.815. The van der Waals surface area contributed by atoms with Crippen molar-refractivity contribution in [2.45, 2.75) is 13.8 Å². The van der Waals surface area contributed by atoms with Gasteiger partial charge in [0.2, 0.25) is 0 Å². The molecule has 6 heteroatoms. The van der Waals surface area contributed by atoms with E-state index >= 15 is 0 Å². The second kappa shape index (κ2) is 7.92. The van der Waals surface area contributed by atoms with Crippen molar-refractivity contribution in [2.24, 2.45) is 5.10 Å². The fourth-order valence-electron chi connectivity index (χ4n) is 2.35. The van der Waals surface area contributed by atoms with E-state index < -0.39 is 11.8 Å². The molecule has 1 aromatic heterocycles. The number of benzene rings is 1. The maximum absolute atomic E-state index is 11.5. The third-order valence-electron chi connectivity index (χ3n) is 3.47. The smallest absolute Gasteiger partial charge is 0.329 e. The topological polar surface area (TPSA) is 75.5 Å². The standard InChI is InChI=1S/C18H20N4O2/c1-4-10-19-17(23)18(24)21-20-12-15-11-13(2)22(14(15)3)16-8-6-5-7-9-16/h4-9,11-12H,1,10H2,2-3H3,(H,19,23)(H,21,24)/b20-12-. The summed E-state index contributed by atoms with van der Waals surface area (Å²) >= 11 is 0. The van der Waals surface area contributed by atoms with Crippen LogP contribution < -0.4 is 10.7 Å². The first-order chi connectivity index (χ1) is 11.5. The molecule has 0 aliphatic rings. The molecule has 0 spiro atoms. The van der Waals surface area contributed by atoms with E-state index in [2.05, 4.69) is 27.0 Å². The molecule has 2 aromatic rings. The van der Waals surface area contributed by atoms with Gasteiger partial charge in [0.25, 0.3) is 0 Å². The molecular weight excluding hydrogens is 304 g/mol. The predicted molar refractivity (Wildman–Crippen MR) is 94.2 cm³/mol. The quantitative estimate of drug-likeness (QED) is 0.381. The summed E-state index contributed by atoms with van der Waals surface area (Å²) in [6.45, 7) is 7.66. The van der Waals surface area contributed by atoms with Gasteiger partial charge in [0, 0.05) is 29.2 Å². The largest absolute Gasteiger partial charge is 0.344 e. The van der Waals surface area contributed by atoms with E-state index in [-0.39, 0.29) is 6.54 Å². The lowest BCUT2D eigenvalue weighted by Crippen LogP contribution is -2.37. The zero-order valence-electron chi connectivity index (χ0n) is 13.7. The Morgan fingerprint density at radius 1 is 1.21 bits per heavy atom.